The van der Waals surface area contributed by atoms with Crippen molar-refractivity contribution < 1.29 is 33.9 Å². The SMILES string of the molecule is COc1ccc(C(OC[C@@]23CO[C@@H]([C@H](n4cc(C)c(=O)[nH]c4=O)O2)[C@@]3(O)CCO)(c2ccccc2)c2ccc(OC)cc2)cc1. The number of nitrogens with one attached hydrogen (secondary N) is 1. The highest BCUT2D eigenvalue weighted by molar-refractivity contribution is 5.50. The molecule has 236 valence electrons. The molecule has 3 aromatic carbocycles. The molecule has 2 bridgehead atoms. The molecule has 0 spiro atoms. The zero-order valence-corrected chi connectivity index (χ0v) is 25.3. The average Bonchev–Trinajstić information content (AvgIpc) is 3.47. The Morgan fingerprint density at radius 2 is 1.51 bits per heavy atom. The maximum atomic E-state index is 12.9. The molecule has 2 fully saturated rings. The molecule has 45 heavy (non-hydrogen) atoms. The topological polar surface area (TPSA) is 141 Å². The van der Waals surface area contributed by atoms with Gasteiger partial charge in [0.1, 0.15) is 34.4 Å². The maximum Gasteiger partial charge on any atom is 0.330 e. The van der Waals surface area contributed by atoms with Crippen molar-refractivity contribution in [1.29, 1.82) is 0 Å². The Morgan fingerprint density at radius 1 is 0.933 bits per heavy atom. The van der Waals surface area contributed by atoms with Crippen LogP contribution in [-0.4, -0.2) is 71.1 Å². The average molecular weight is 617 g/mol. The van der Waals surface area contributed by atoms with Crippen LogP contribution >= 0.6 is 0 Å². The molecule has 0 radical (unpaired) electrons. The third-order valence-corrected chi connectivity index (χ3v) is 8.97. The van der Waals surface area contributed by atoms with E-state index < -0.39 is 40.4 Å². The summed E-state index contributed by atoms with van der Waals surface area (Å²) in [5, 5.41) is 22.3. The number of nitrogens with zero attached hydrogens (tertiary/aromatic N) is 1. The Bertz CT molecular complexity index is 1710. The molecule has 1 aromatic heterocycles. The molecule has 11 nitrogen and oxygen atoms in total. The molecule has 4 atom stereocenters. The van der Waals surface area contributed by atoms with E-state index >= 15 is 0 Å². The Kier molecular flexibility index (Phi) is 8.14. The van der Waals surface area contributed by atoms with E-state index in [0.717, 1.165) is 16.7 Å². The Morgan fingerprint density at radius 3 is 2.07 bits per heavy atom. The van der Waals surface area contributed by atoms with Gasteiger partial charge in [0.25, 0.3) is 5.56 Å². The van der Waals surface area contributed by atoms with Gasteiger partial charge in [0, 0.05) is 24.8 Å². The molecule has 2 aliphatic rings. The van der Waals surface area contributed by atoms with Gasteiger partial charge in [-0.05, 0) is 47.9 Å². The van der Waals surface area contributed by atoms with Gasteiger partial charge in [-0.2, -0.15) is 0 Å². The molecule has 0 saturated carbocycles. The van der Waals surface area contributed by atoms with Crippen molar-refractivity contribution in [2.75, 3.05) is 34.0 Å². The van der Waals surface area contributed by atoms with Crippen molar-refractivity contribution in [3.05, 3.63) is 128 Å². The van der Waals surface area contributed by atoms with Crippen LogP contribution in [0.1, 0.15) is 34.9 Å². The number of aliphatic hydroxyl groups is 2. The van der Waals surface area contributed by atoms with Crippen molar-refractivity contribution in [1.82, 2.24) is 9.55 Å². The van der Waals surface area contributed by atoms with Gasteiger partial charge in [-0.3, -0.25) is 14.3 Å². The van der Waals surface area contributed by atoms with E-state index in [0.29, 0.717) is 17.1 Å². The molecule has 3 heterocycles. The molecular weight excluding hydrogens is 580 g/mol. The normalized spacial score (nSPS) is 24.1. The lowest BCUT2D eigenvalue weighted by molar-refractivity contribution is -0.212. The van der Waals surface area contributed by atoms with E-state index in [1.807, 2.05) is 78.9 Å². The number of aromatic amines is 1. The van der Waals surface area contributed by atoms with E-state index in [9.17, 15) is 19.8 Å². The number of aromatic nitrogens is 2. The van der Waals surface area contributed by atoms with Crippen LogP contribution < -0.4 is 20.7 Å². The van der Waals surface area contributed by atoms with Crippen molar-refractivity contribution in [3.63, 3.8) is 0 Å². The minimum absolute atomic E-state index is 0.0577. The summed E-state index contributed by atoms with van der Waals surface area (Å²) in [6, 6.07) is 24.7. The molecule has 0 aliphatic carbocycles. The summed E-state index contributed by atoms with van der Waals surface area (Å²) in [6.07, 6.45) is -0.829. The smallest absolute Gasteiger partial charge is 0.330 e. The van der Waals surface area contributed by atoms with E-state index in [1.54, 1.807) is 21.1 Å². The van der Waals surface area contributed by atoms with E-state index in [1.165, 1.54) is 10.8 Å². The Balaban J connectivity index is 1.49. The van der Waals surface area contributed by atoms with Gasteiger partial charge in [-0.1, -0.05) is 54.6 Å². The predicted octanol–water partition coefficient (Wildman–Crippen LogP) is 2.65. The van der Waals surface area contributed by atoms with Crippen LogP contribution in [0.25, 0.3) is 0 Å². The van der Waals surface area contributed by atoms with Crippen molar-refractivity contribution in [2.24, 2.45) is 0 Å². The lowest BCUT2D eigenvalue weighted by atomic mass is 9.78. The standard InChI is InChI=1S/C34H36N2O9/c1-22-19-36(31(39)35-29(22)38)30-28-33(40,17-18-37)32(45-30,20-43-28)21-44-34(23-7-5-4-6-8-23,24-9-13-26(41-2)14-10-24)25-11-15-27(42-3)16-12-25/h4-16,19,28,30,37,40H,17-18,20-21H2,1-3H3,(H,35,38,39)/t28-,30+,32+,33-/m0/s1. The molecule has 0 unspecified atom stereocenters. The van der Waals surface area contributed by atoms with Crippen LogP contribution in [0, 0.1) is 6.92 Å². The lowest BCUT2D eigenvalue weighted by Gasteiger charge is -2.41. The molecule has 0 amide bonds. The summed E-state index contributed by atoms with van der Waals surface area (Å²) < 4.78 is 31.8. The third kappa shape index (κ3) is 4.97. The Hall–Kier alpha value is -4.26. The second-order valence-electron chi connectivity index (χ2n) is 11.4. The number of aryl methyl sites for hydroxylation is 1. The van der Waals surface area contributed by atoms with Gasteiger partial charge in [0.05, 0.1) is 27.4 Å². The minimum Gasteiger partial charge on any atom is -0.497 e. The zero-order chi connectivity index (χ0) is 31.8. The molecule has 2 aliphatic heterocycles. The van der Waals surface area contributed by atoms with Crippen LogP contribution in [0.15, 0.2) is 94.6 Å². The first-order valence-electron chi connectivity index (χ1n) is 14.6. The quantitative estimate of drug-likeness (QED) is 0.217. The van der Waals surface area contributed by atoms with Crippen molar-refractivity contribution in [2.45, 2.75) is 42.5 Å². The van der Waals surface area contributed by atoms with Gasteiger partial charge < -0.3 is 33.9 Å². The summed E-state index contributed by atoms with van der Waals surface area (Å²) in [5.74, 6) is 1.34. The summed E-state index contributed by atoms with van der Waals surface area (Å²) in [7, 11) is 3.19. The summed E-state index contributed by atoms with van der Waals surface area (Å²) in [6.45, 7) is 0.951. The highest BCUT2D eigenvalue weighted by Gasteiger charge is 2.71. The fourth-order valence-electron chi connectivity index (χ4n) is 6.51. The van der Waals surface area contributed by atoms with Gasteiger partial charge in [0.15, 0.2) is 6.23 Å². The van der Waals surface area contributed by atoms with Gasteiger partial charge in [-0.25, -0.2) is 4.79 Å². The van der Waals surface area contributed by atoms with Crippen LogP contribution in [-0.2, 0) is 19.8 Å². The fourth-order valence-corrected chi connectivity index (χ4v) is 6.51. The largest absolute Gasteiger partial charge is 0.497 e. The number of methoxy groups -OCH3 is 2. The second kappa shape index (κ2) is 11.9. The summed E-state index contributed by atoms with van der Waals surface area (Å²) in [4.78, 5) is 27.3. The third-order valence-electron chi connectivity index (χ3n) is 8.97. The van der Waals surface area contributed by atoms with Crippen molar-refractivity contribution in [3.8, 4) is 11.5 Å². The second-order valence-corrected chi connectivity index (χ2v) is 11.4. The first-order chi connectivity index (χ1) is 21.7. The number of H-pyrrole nitrogens is 1. The number of hydrogen-bond acceptors (Lipinski definition) is 9. The van der Waals surface area contributed by atoms with E-state index in [4.69, 9.17) is 23.7 Å². The Labute approximate surface area is 259 Å². The number of ether oxygens (including phenoxy) is 5. The number of benzene rings is 3. The monoisotopic (exact) mass is 616 g/mol. The first kappa shape index (κ1) is 30.8. The van der Waals surface area contributed by atoms with Crippen molar-refractivity contribution >= 4 is 0 Å². The molecule has 4 aromatic rings. The summed E-state index contributed by atoms with van der Waals surface area (Å²) in [5.41, 5.74) is -3.02. The molecular formula is C34H36N2O9. The summed E-state index contributed by atoms with van der Waals surface area (Å²) >= 11 is 0. The highest BCUT2D eigenvalue weighted by atomic mass is 16.7. The van der Waals surface area contributed by atoms with Crippen LogP contribution in [0.3, 0.4) is 0 Å². The fraction of sp³-hybridized carbons (Fsp3) is 0.353. The molecule has 2 saturated heterocycles. The van der Waals surface area contributed by atoms with Crippen LogP contribution in [0.4, 0.5) is 0 Å². The van der Waals surface area contributed by atoms with Crippen LogP contribution in [0.5, 0.6) is 11.5 Å². The highest BCUT2D eigenvalue weighted by Crippen LogP contribution is 2.54. The molecule has 6 rings (SSSR count). The van der Waals surface area contributed by atoms with Crippen LogP contribution in [0.2, 0.25) is 0 Å². The van der Waals surface area contributed by atoms with Gasteiger partial charge in [-0.15, -0.1) is 0 Å². The zero-order valence-electron chi connectivity index (χ0n) is 25.3. The maximum absolute atomic E-state index is 12.9. The molecule has 11 heteroatoms. The van der Waals surface area contributed by atoms with E-state index in [-0.39, 0.29) is 26.2 Å². The minimum atomic E-state index is -1.74. The van der Waals surface area contributed by atoms with Gasteiger partial charge >= 0.3 is 5.69 Å². The number of aliphatic hydroxyl groups excluding tert-OH is 1. The number of fused-ring (bicyclic) bond motifs is 2. The lowest BCUT2D eigenvalue weighted by Crippen LogP contribution is -2.57. The van der Waals surface area contributed by atoms with E-state index in [2.05, 4.69) is 4.98 Å². The number of hydrogen-bond donors (Lipinski definition) is 3. The number of rotatable bonds is 11. The first-order valence-corrected chi connectivity index (χ1v) is 14.6. The predicted molar refractivity (Wildman–Crippen MR) is 164 cm³/mol. The van der Waals surface area contributed by atoms with Gasteiger partial charge in [0.2, 0.25) is 0 Å². The molecule has 3 N–H and O–H groups in total.